The summed E-state index contributed by atoms with van der Waals surface area (Å²) in [5.74, 6) is 0. The van der Waals surface area contributed by atoms with Crippen molar-refractivity contribution in [1.82, 2.24) is 4.98 Å². The van der Waals surface area contributed by atoms with E-state index >= 15 is 0 Å². The van der Waals surface area contributed by atoms with Crippen molar-refractivity contribution in [2.45, 2.75) is 13.8 Å². The molecule has 0 amide bonds. The van der Waals surface area contributed by atoms with E-state index in [0.717, 1.165) is 22.4 Å². The van der Waals surface area contributed by atoms with E-state index in [1.54, 1.807) is 12.3 Å². The molecule has 1 rings (SSSR count). The Kier molecular flexibility index (Phi) is 3.41. The summed E-state index contributed by atoms with van der Waals surface area (Å²) in [5.41, 5.74) is 4.31. The summed E-state index contributed by atoms with van der Waals surface area (Å²) in [5, 5.41) is 0. The largest absolute Gasteiger partial charge is 0.256 e. The van der Waals surface area contributed by atoms with Crippen LogP contribution in [-0.4, -0.2) is 4.98 Å². The van der Waals surface area contributed by atoms with Crippen molar-refractivity contribution >= 4 is 11.6 Å². The van der Waals surface area contributed by atoms with Crippen LogP contribution in [-0.2, 0) is 0 Å². The molecule has 0 aliphatic carbocycles. The first kappa shape index (κ1) is 10.5. The molecule has 1 aromatic heterocycles. The summed E-state index contributed by atoms with van der Waals surface area (Å²) in [6.45, 7) is 11.6. The monoisotopic (exact) mass is 185 g/mol. The van der Waals surface area contributed by atoms with E-state index in [2.05, 4.69) is 25.1 Å². The number of nitrogens with zero attached hydrogens (tertiary/aromatic N) is 1. The van der Waals surface area contributed by atoms with Crippen LogP contribution in [0.25, 0.3) is 11.6 Å². The van der Waals surface area contributed by atoms with Gasteiger partial charge >= 0.3 is 0 Å². The molecule has 0 saturated heterocycles. The molecule has 0 radical (unpaired) electrons. The third kappa shape index (κ3) is 2.19. The Bertz CT molecular complexity index is 386. The van der Waals surface area contributed by atoms with Crippen molar-refractivity contribution < 1.29 is 0 Å². The van der Waals surface area contributed by atoms with Gasteiger partial charge in [0.1, 0.15) is 0 Å². The lowest BCUT2D eigenvalue weighted by Gasteiger charge is -2.06. The minimum Gasteiger partial charge on any atom is -0.256 e. The van der Waals surface area contributed by atoms with Gasteiger partial charge in [-0.2, -0.15) is 0 Å². The Morgan fingerprint density at radius 2 is 2.21 bits per heavy atom. The van der Waals surface area contributed by atoms with Crippen LogP contribution in [0.2, 0.25) is 0 Å². The van der Waals surface area contributed by atoms with Gasteiger partial charge in [0.05, 0.1) is 5.69 Å². The minimum absolute atomic E-state index is 0.983. The summed E-state index contributed by atoms with van der Waals surface area (Å²) >= 11 is 0. The van der Waals surface area contributed by atoms with Crippen LogP contribution in [0.4, 0.5) is 0 Å². The van der Waals surface area contributed by atoms with E-state index in [-0.39, 0.29) is 0 Å². The van der Waals surface area contributed by atoms with Gasteiger partial charge in [0, 0.05) is 6.20 Å². The highest BCUT2D eigenvalue weighted by Crippen LogP contribution is 2.18. The summed E-state index contributed by atoms with van der Waals surface area (Å²) in [6.07, 6.45) is 7.51. The van der Waals surface area contributed by atoms with E-state index in [4.69, 9.17) is 0 Å². The molecule has 72 valence electrons. The van der Waals surface area contributed by atoms with E-state index in [1.807, 2.05) is 25.1 Å². The summed E-state index contributed by atoms with van der Waals surface area (Å²) in [7, 11) is 0. The number of rotatable bonds is 3. The normalized spacial score (nSPS) is 10.4. The van der Waals surface area contributed by atoms with E-state index < -0.39 is 0 Å². The standard InChI is InChI=1S/C13H15N/c1-5-6-7-12-8-9-14-13(10(2)3)11(12)4/h5-9H,1-2H2,3-4H3/b7-6-. The predicted octanol–water partition coefficient (Wildman–Crippen LogP) is 3.62. The van der Waals surface area contributed by atoms with Crippen molar-refractivity contribution in [2.24, 2.45) is 0 Å². The zero-order chi connectivity index (χ0) is 10.6. The van der Waals surface area contributed by atoms with Crippen LogP contribution in [0.3, 0.4) is 0 Å². The van der Waals surface area contributed by atoms with E-state index in [0.29, 0.717) is 0 Å². The molecule has 1 heteroatoms. The van der Waals surface area contributed by atoms with Crippen molar-refractivity contribution in [3.63, 3.8) is 0 Å². The molecule has 0 saturated carbocycles. The molecule has 0 spiro atoms. The summed E-state index contributed by atoms with van der Waals surface area (Å²) in [4.78, 5) is 4.29. The molecule has 1 heterocycles. The van der Waals surface area contributed by atoms with Gasteiger partial charge in [-0.3, -0.25) is 4.98 Å². The van der Waals surface area contributed by atoms with Crippen molar-refractivity contribution in [3.8, 4) is 0 Å². The van der Waals surface area contributed by atoms with Gasteiger partial charge in [-0.15, -0.1) is 0 Å². The second-order valence-corrected chi connectivity index (χ2v) is 3.25. The summed E-state index contributed by atoms with van der Waals surface area (Å²) < 4.78 is 0. The Morgan fingerprint density at radius 3 is 2.79 bits per heavy atom. The van der Waals surface area contributed by atoms with E-state index in [1.165, 1.54) is 0 Å². The van der Waals surface area contributed by atoms with Gasteiger partial charge in [-0.05, 0) is 36.6 Å². The number of pyridine rings is 1. The van der Waals surface area contributed by atoms with Gasteiger partial charge in [-0.1, -0.05) is 31.4 Å². The predicted molar refractivity (Wildman–Crippen MR) is 62.9 cm³/mol. The Morgan fingerprint density at radius 1 is 1.50 bits per heavy atom. The van der Waals surface area contributed by atoms with Gasteiger partial charge in [0.15, 0.2) is 0 Å². The Hall–Kier alpha value is -1.63. The zero-order valence-electron chi connectivity index (χ0n) is 8.75. The minimum atomic E-state index is 0.983. The maximum absolute atomic E-state index is 4.29. The SMILES string of the molecule is C=C/C=C\c1ccnc(C(=C)C)c1C. The molecule has 0 atom stereocenters. The fraction of sp³-hybridized carbons (Fsp3) is 0.154. The molecule has 0 N–H and O–H groups in total. The maximum Gasteiger partial charge on any atom is 0.0687 e. The molecule has 0 aliphatic rings. The molecule has 0 aromatic carbocycles. The highest BCUT2D eigenvalue weighted by molar-refractivity contribution is 5.66. The van der Waals surface area contributed by atoms with Crippen LogP contribution < -0.4 is 0 Å². The number of allylic oxidation sites excluding steroid dienone is 3. The molecule has 0 fully saturated rings. The first-order valence-electron chi connectivity index (χ1n) is 4.57. The number of hydrogen-bond donors (Lipinski definition) is 0. The van der Waals surface area contributed by atoms with Gasteiger partial charge in [0.25, 0.3) is 0 Å². The molecule has 1 nitrogen and oxygen atoms in total. The summed E-state index contributed by atoms with van der Waals surface area (Å²) in [6, 6.07) is 1.99. The molecule has 0 unspecified atom stereocenters. The second kappa shape index (κ2) is 4.56. The third-order valence-electron chi connectivity index (χ3n) is 2.06. The number of aromatic nitrogens is 1. The van der Waals surface area contributed by atoms with Gasteiger partial charge < -0.3 is 0 Å². The Labute approximate surface area is 85.5 Å². The maximum atomic E-state index is 4.29. The number of hydrogen-bond acceptors (Lipinski definition) is 1. The second-order valence-electron chi connectivity index (χ2n) is 3.25. The molecule has 0 aliphatic heterocycles. The van der Waals surface area contributed by atoms with Crippen molar-refractivity contribution in [3.05, 3.63) is 54.4 Å². The highest BCUT2D eigenvalue weighted by Gasteiger charge is 2.02. The van der Waals surface area contributed by atoms with Crippen molar-refractivity contribution in [2.75, 3.05) is 0 Å². The molecular formula is C13H15N. The van der Waals surface area contributed by atoms with Crippen LogP contribution >= 0.6 is 0 Å². The fourth-order valence-electron chi connectivity index (χ4n) is 1.33. The first-order valence-corrected chi connectivity index (χ1v) is 4.57. The first-order chi connectivity index (χ1) is 6.66. The molecule has 0 bridgehead atoms. The lowest BCUT2D eigenvalue weighted by atomic mass is 10.0. The molecule has 1 aromatic rings. The Balaban J connectivity index is 3.20. The van der Waals surface area contributed by atoms with Gasteiger partial charge in [-0.25, -0.2) is 0 Å². The lowest BCUT2D eigenvalue weighted by Crippen LogP contribution is -1.92. The smallest absolute Gasteiger partial charge is 0.0687 e. The molecular weight excluding hydrogens is 170 g/mol. The van der Waals surface area contributed by atoms with Crippen LogP contribution in [0, 0.1) is 6.92 Å². The molecule has 14 heavy (non-hydrogen) atoms. The topological polar surface area (TPSA) is 12.9 Å². The van der Waals surface area contributed by atoms with Crippen LogP contribution in [0.5, 0.6) is 0 Å². The zero-order valence-corrected chi connectivity index (χ0v) is 8.75. The highest BCUT2D eigenvalue weighted by atomic mass is 14.7. The average molecular weight is 185 g/mol. The van der Waals surface area contributed by atoms with Gasteiger partial charge in [0.2, 0.25) is 0 Å². The van der Waals surface area contributed by atoms with Crippen molar-refractivity contribution in [1.29, 1.82) is 0 Å². The lowest BCUT2D eigenvalue weighted by molar-refractivity contribution is 1.20. The van der Waals surface area contributed by atoms with E-state index in [9.17, 15) is 0 Å². The quantitative estimate of drug-likeness (QED) is 0.655. The average Bonchev–Trinajstić information content (AvgIpc) is 2.16. The van der Waals surface area contributed by atoms with Crippen LogP contribution in [0.1, 0.15) is 23.7 Å². The fourth-order valence-corrected chi connectivity index (χ4v) is 1.33. The third-order valence-corrected chi connectivity index (χ3v) is 2.06. The van der Waals surface area contributed by atoms with Crippen LogP contribution in [0.15, 0.2) is 37.6 Å².